The molecular formula is C15H22N2. The fourth-order valence-electron chi connectivity index (χ4n) is 3.17. The van der Waals surface area contributed by atoms with Crippen molar-refractivity contribution < 1.29 is 0 Å². The van der Waals surface area contributed by atoms with Crippen molar-refractivity contribution in [2.24, 2.45) is 0 Å². The zero-order valence-corrected chi connectivity index (χ0v) is 10.5. The molecule has 1 atom stereocenters. The minimum absolute atomic E-state index is 0.713. The molecule has 0 bridgehead atoms. The Kier molecular flexibility index (Phi) is 3.44. The van der Waals surface area contributed by atoms with Crippen LogP contribution in [0, 0.1) is 0 Å². The van der Waals surface area contributed by atoms with Gasteiger partial charge in [-0.15, -0.1) is 0 Å². The van der Waals surface area contributed by atoms with E-state index in [9.17, 15) is 0 Å². The lowest BCUT2D eigenvalue weighted by Gasteiger charge is -2.26. The highest BCUT2D eigenvalue weighted by molar-refractivity contribution is 5.37. The number of hydrogen-bond acceptors (Lipinski definition) is 2. The van der Waals surface area contributed by atoms with E-state index in [1.54, 1.807) is 11.1 Å². The van der Waals surface area contributed by atoms with Crippen LogP contribution in [0.15, 0.2) is 18.2 Å². The van der Waals surface area contributed by atoms with Gasteiger partial charge in [-0.2, -0.15) is 0 Å². The molecule has 17 heavy (non-hydrogen) atoms. The third-order valence-electron chi connectivity index (χ3n) is 4.12. The molecule has 0 radical (unpaired) electrons. The fraction of sp³-hybridized carbons (Fsp3) is 0.600. The van der Waals surface area contributed by atoms with Crippen LogP contribution >= 0.6 is 0 Å². The Balaban J connectivity index is 1.77. The molecule has 2 heteroatoms. The summed E-state index contributed by atoms with van der Waals surface area (Å²) in [6, 6.07) is 7.55. The van der Waals surface area contributed by atoms with Crippen molar-refractivity contribution in [3.63, 3.8) is 0 Å². The summed E-state index contributed by atoms with van der Waals surface area (Å²) in [6.45, 7) is 3.41. The first-order valence-corrected chi connectivity index (χ1v) is 6.97. The number of benzene rings is 1. The van der Waals surface area contributed by atoms with Crippen molar-refractivity contribution in [3.05, 3.63) is 34.9 Å². The van der Waals surface area contributed by atoms with E-state index in [0.29, 0.717) is 6.04 Å². The summed E-state index contributed by atoms with van der Waals surface area (Å²) in [6.07, 6.45) is 6.53. The fourth-order valence-corrected chi connectivity index (χ4v) is 3.17. The third kappa shape index (κ3) is 2.53. The van der Waals surface area contributed by atoms with E-state index in [1.807, 2.05) is 0 Å². The molecule has 0 aromatic heterocycles. The van der Waals surface area contributed by atoms with E-state index >= 15 is 0 Å². The number of rotatable bonds is 2. The lowest BCUT2D eigenvalue weighted by atomic mass is 9.90. The van der Waals surface area contributed by atoms with Crippen molar-refractivity contribution >= 4 is 0 Å². The first-order chi connectivity index (χ1) is 8.43. The first-order valence-electron chi connectivity index (χ1n) is 6.97. The van der Waals surface area contributed by atoms with Crippen LogP contribution in [0.25, 0.3) is 0 Å². The van der Waals surface area contributed by atoms with E-state index in [4.69, 9.17) is 0 Å². The molecule has 2 aliphatic rings. The molecule has 0 amide bonds. The van der Waals surface area contributed by atoms with Gasteiger partial charge >= 0.3 is 0 Å². The van der Waals surface area contributed by atoms with Crippen LogP contribution in [0.3, 0.4) is 0 Å². The lowest BCUT2D eigenvalue weighted by molar-refractivity contribution is 0.398. The van der Waals surface area contributed by atoms with Gasteiger partial charge in [0.05, 0.1) is 0 Å². The van der Waals surface area contributed by atoms with Crippen molar-refractivity contribution in [2.45, 2.75) is 44.7 Å². The topological polar surface area (TPSA) is 24.1 Å². The summed E-state index contributed by atoms with van der Waals surface area (Å²) in [4.78, 5) is 0. The summed E-state index contributed by atoms with van der Waals surface area (Å²) < 4.78 is 0. The Morgan fingerprint density at radius 1 is 1.18 bits per heavy atom. The average molecular weight is 230 g/mol. The predicted molar refractivity (Wildman–Crippen MR) is 71.2 cm³/mol. The van der Waals surface area contributed by atoms with Crippen LogP contribution in [0.1, 0.15) is 36.0 Å². The highest BCUT2D eigenvalue weighted by Crippen LogP contribution is 2.21. The minimum atomic E-state index is 0.713. The first kappa shape index (κ1) is 11.2. The lowest BCUT2D eigenvalue weighted by Crippen LogP contribution is -2.36. The molecule has 1 aromatic rings. The molecule has 1 saturated heterocycles. The second kappa shape index (κ2) is 5.19. The second-order valence-electron chi connectivity index (χ2n) is 5.33. The van der Waals surface area contributed by atoms with Crippen LogP contribution in [-0.2, 0) is 19.4 Å². The zero-order chi connectivity index (χ0) is 11.5. The monoisotopic (exact) mass is 230 g/mol. The maximum atomic E-state index is 3.66. The van der Waals surface area contributed by atoms with Crippen LogP contribution < -0.4 is 10.6 Å². The zero-order valence-electron chi connectivity index (χ0n) is 10.5. The molecule has 1 aromatic carbocycles. The maximum Gasteiger partial charge on any atom is 0.0208 e. The summed E-state index contributed by atoms with van der Waals surface area (Å²) >= 11 is 0. The van der Waals surface area contributed by atoms with E-state index in [-0.39, 0.29) is 0 Å². The van der Waals surface area contributed by atoms with E-state index in [0.717, 1.165) is 13.1 Å². The molecule has 92 valence electrons. The smallest absolute Gasteiger partial charge is 0.0208 e. The van der Waals surface area contributed by atoms with Gasteiger partial charge in [-0.25, -0.2) is 0 Å². The van der Waals surface area contributed by atoms with Crippen molar-refractivity contribution in [1.29, 1.82) is 0 Å². The normalized spacial score (nSPS) is 24.4. The molecule has 2 nitrogen and oxygen atoms in total. The van der Waals surface area contributed by atoms with Crippen LogP contribution in [0.4, 0.5) is 0 Å². The second-order valence-corrected chi connectivity index (χ2v) is 5.33. The maximum absolute atomic E-state index is 3.66. The van der Waals surface area contributed by atoms with Crippen molar-refractivity contribution in [3.8, 4) is 0 Å². The molecule has 1 unspecified atom stereocenters. The van der Waals surface area contributed by atoms with Crippen molar-refractivity contribution in [1.82, 2.24) is 10.6 Å². The van der Waals surface area contributed by atoms with Gasteiger partial charge in [-0.1, -0.05) is 24.6 Å². The highest BCUT2D eigenvalue weighted by Gasteiger charge is 2.17. The molecule has 0 saturated carbocycles. The molecule has 2 N–H and O–H groups in total. The Morgan fingerprint density at radius 2 is 2.18 bits per heavy atom. The Hall–Kier alpha value is -0.860. The molecule has 2 heterocycles. The molecule has 2 aliphatic heterocycles. The predicted octanol–water partition coefficient (Wildman–Crippen LogP) is 2.02. The molecular weight excluding hydrogens is 208 g/mol. The Labute approximate surface area is 104 Å². The van der Waals surface area contributed by atoms with Gasteiger partial charge in [0.2, 0.25) is 0 Å². The average Bonchev–Trinajstić information content (AvgIpc) is 2.40. The van der Waals surface area contributed by atoms with Gasteiger partial charge in [0.25, 0.3) is 0 Å². The molecule has 0 aliphatic carbocycles. The minimum Gasteiger partial charge on any atom is -0.314 e. The third-order valence-corrected chi connectivity index (χ3v) is 4.12. The Morgan fingerprint density at radius 3 is 3.06 bits per heavy atom. The molecule has 0 spiro atoms. The van der Waals surface area contributed by atoms with Gasteiger partial charge in [-0.05, 0) is 55.5 Å². The van der Waals surface area contributed by atoms with E-state index < -0.39 is 0 Å². The van der Waals surface area contributed by atoms with Gasteiger partial charge in [0.1, 0.15) is 0 Å². The quantitative estimate of drug-likeness (QED) is 0.812. The SMILES string of the molecule is c1cc2c(c(CC3CCCCN3)c1)CCNC2. The number of piperidine rings is 1. The van der Waals surface area contributed by atoms with E-state index in [2.05, 4.69) is 28.8 Å². The Bertz CT molecular complexity index is 381. The van der Waals surface area contributed by atoms with Crippen molar-refractivity contribution in [2.75, 3.05) is 13.1 Å². The summed E-state index contributed by atoms with van der Waals surface area (Å²) in [5.74, 6) is 0. The number of nitrogens with one attached hydrogen (secondary N) is 2. The largest absolute Gasteiger partial charge is 0.314 e. The standard InChI is InChI=1S/C15H22N2/c1-2-8-17-14(6-1)10-12-4-3-5-13-11-16-9-7-15(12)13/h3-5,14,16-17H,1-2,6-11H2. The van der Waals surface area contributed by atoms with Gasteiger partial charge in [-0.3, -0.25) is 0 Å². The van der Waals surface area contributed by atoms with Gasteiger partial charge < -0.3 is 10.6 Å². The molecule has 3 rings (SSSR count). The van der Waals surface area contributed by atoms with Gasteiger partial charge in [0, 0.05) is 12.6 Å². The summed E-state index contributed by atoms with van der Waals surface area (Å²) in [7, 11) is 0. The highest BCUT2D eigenvalue weighted by atomic mass is 14.9. The number of hydrogen-bond donors (Lipinski definition) is 2. The van der Waals surface area contributed by atoms with E-state index in [1.165, 1.54) is 44.2 Å². The summed E-state index contributed by atoms with van der Waals surface area (Å²) in [5, 5.41) is 7.11. The van der Waals surface area contributed by atoms with Crippen LogP contribution in [0.2, 0.25) is 0 Å². The molecule has 1 fully saturated rings. The van der Waals surface area contributed by atoms with Crippen LogP contribution in [-0.4, -0.2) is 19.1 Å². The van der Waals surface area contributed by atoms with Gasteiger partial charge in [0.15, 0.2) is 0 Å². The summed E-state index contributed by atoms with van der Waals surface area (Å²) in [5.41, 5.74) is 4.73. The number of fused-ring (bicyclic) bond motifs is 1. The van der Waals surface area contributed by atoms with Crippen LogP contribution in [0.5, 0.6) is 0 Å².